The van der Waals surface area contributed by atoms with Crippen LogP contribution in [0.1, 0.15) is 29.3 Å². The van der Waals surface area contributed by atoms with Crippen molar-refractivity contribution in [3.8, 4) is 5.75 Å². The Morgan fingerprint density at radius 1 is 1.29 bits per heavy atom. The van der Waals surface area contributed by atoms with E-state index in [0.29, 0.717) is 25.4 Å². The maximum Gasteiger partial charge on any atom is 0.252 e. The Kier molecular flexibility index (Phi) is 8.71. The van der Waals surface area contributed by atoms with Gasteiger partial charge in [0.25, 0.3) is 5.91 Å². The number of hydrogen-bond acceptors (Lipinski definition) is 6. The zero-order valence-corrected chi connectivity index (χ0v) is 17.0. The van der Waals surface area contributed by atoms with E-state index in [0.717, 1.165) is 22.6 Å². The van der Waals surface area contributed by atoms with Crippen molar-refractivity contribution in [2.45, 2.75) is 25.2 Å². The summed E-state index contributed by atoms with van der Waals surface area (Å²) in [6.45, 7) is 5.77. The largest absolute Gasteiger partial charge is 0.507 e. The molecule has 5 N–H and O–H groups in total. The number of anilines is 2. The first-order valence-electron chi connectivity index (χ1n) is 9.10. The number of hydrogen-bond donors (Lipinski definition) is 4. The molecule has 0 aliphatic rings. The lowest BCUT2D eigenvalue weighted by Gasteiger charge is -2.15. The van der Waals surface area contributed by atoms with Crippen molar-refractivity contribution in [1.82, 2.24) is 0 Å². The van der Waals surface area contributed by atoms with Crippen molar-refractivity contribution >= 4 is 29.2 Å². The van der Waals surface area contributed by atoms with Crippen LogP contribution in [0.2, 0.25) is 0 Å². The molecule has 0 saturated carbocycles. The number of allylic oxidation sites excluding steroid dienone is 1. The van der Waals surface area contributed by atoms with Gasteiger partial charge in [-0.1, -0.05) is 24.3 Å². The molecule has 0 aromatic heterocycles. The summed E-state index contributed by atoms with van der Waals surface area (Å²) < 4.78 is 8.82. The molecule has 0 heterocycles. The lowest BCUT2D eigenvalue weighted by atomic mass is 10.1. The first kappa shape index (κ1) is 21.7. The summed E-state index contributed by atoms with van der Waals surface area (Å²) >= 11 is 1.34. The average molecular weight is 402 g/mol. The molecule has 7 heteroatoms. The van der Waals surface area contributed by atoms with E-state index in [1.165, 1.54) is 18.0 Å². The number of aromatic hydroxyl groups is 1. The maximum atomic E-state index is 11.6. The van der Waals surface area contributed by atoms with Gasteiger partial charge in [0.2, 0.25) is 0 Å². The summed E-state index contributed by atoms with van der Waals surface area (Å²) in [6.07, 6.45) is 4.93. The van der Waals surface area contributed by atoms with Gasteiger partial charge in [0.05, 0.1) is 29.4 Å². The molecule has 0 atom stereocenters. The highest BCUT2D eigenvalue weighted by atomic mass is 32.2. The smallest absolute Gasteiger partial charge is 0.252 e. The van der Waals surface area contributed by atoms with E-state index in [2.05, 4.69) is 16.1 Å². The molecule has 150 valence electrons. The van der Waals surface area contributed by atoms with Gasteiger partial charge >= 0.3 is 0 Å². The van der Waals surface area contributed by atoms with Crippen molar-refractivity contribution in [2.24, 2.45) is 5.73 Å². The molecule has 28 heavy (non-hydrogen) atoms. The minimum atomic E-state index is -0.672. The maximum absolute atomic E-state index is 11.6. The molecule has 0 unspecified atom stereocenters. The Labute approximate surface area is 170 Å². The second kappa shape index (κ2) is 11.3. The van der Waals surface area contributed by atoms with Gasteiger partial charge in [-0.3, -0.25) is 4.79 Å². The van der Waals surface area contributed by atoms with Gasteiger partial charge < -0.3 is 25.6 Å². The fraction of sp³-hybridized carbons (Fsp3) is 0.286. The predicted octanol–water partition coefficient (Wildman–Crippen LogP) is 4.31. The quantitative estimate of drug-likeness (QED) is 0.254. The van der Waals surface area contributed by atoms with Crippen molar-refractivity contribution in [3.63, 3.8) is 0 Å². The third-order valence-electron chi connectivity index (χ3n) is 3.89. The van der Waals surface area contributed by atoms with Crippen LogP contribution in [0.5, 0.6) is 5.75 Å². The van der Waals surface area contributed by atoms with Crippen LogP contribution in [0.25, 0.3) is 0 Å². The first-order chi connectivity index (χ1) is 13.5. The monoisotopic (exact) mass is 401 g/mol. The van der Waals surface area contributed by atoms with E-state index < -0.39 is 5.91 Å². The molecule has 0 fully saturated rings. The summed E-state index contributed by atoms with van der Waals surface area (Å²) in [5, 5.41) is 13.3. The Morgan fingerprint density at radius 2 is 2.11 bits per heavy atom. The summed E-state index contributed by atoms with van der Waals surface area (Å²) in [6, 6.07) is 11.1. The Bertz CT molecular complexity index is 825. The standard InChI is InChI=1S/C21H27N3O3S/c1-3-4-5-10-27-11-9-23-18-14-19(25)17(21(22)26)13-20(18)28-24-16-8-6-7-15(2)12-16/h3-4,6-8,12-14,23-25H,5,9-11H2,1-2H3,(H2,22,26)/b4-3+. The SMILES string of the molecule is C/C=C/CCOCCNc1cc(O)c(C(N)=O)cc1SNc1cccc(C)c1. The minimum absolute atomic E-state index is 0.0849. The van der Waals surface area contributed by atoms with Crippen LogP contribution < -0.4 is 15.8 Å². The summed E-state index contributed by atoms with van der Waals surface area (Å²) in [5.74, 6) is -0.822. The number of phenols is 1. The van der Waals surface area contributed by atoms with Crippen molar-refractivity contribution in [1.29, 1.82) is 0 Å². The molecular weight excluding hydrogens is 374 g/mol. The number of aryl methyl sites for hydroxylation is 1. The zero-order valence-electron chi connectivity index (χ0n) is 16.2. The highest BCUT2D eigenvalue weighted by Gasteiger charge is 2.14. The highest BCUT2D eigenvalue weighted by Crippen LogP contribution is 2.34. The molecule has 0 saturated heterocycles. The van der Waals surface area contributed by atoms with Gasteiger partial charge in [-0.2, -0.15) is 0 Å². The summed E-state index contributed by atoms with van der Waals surface area (Å²) in [7, 11) is 0. The second-order valence-corrected chi connectivity index (χ2v) is 7.05. The minimum Gasteiger partial charge on any atom is -0.507 e. The van der Waals surface area contributed by atoms with E-state index in [-0.39, 0.29) is 11.3 Å². The number of ether oxygens (including phenoxy) is 1. The molecule has 2 aromatic rings. The molecule has 2 rings (SSSR count). The van der Waals surface area contributed by atoms with Gasteiger partial charge in [0, 0.05) is 18.3 Å². The lowest BCUT2D eigenvalue weighted by molar-refractivity contribution is 0.0997. The second-order valence-electron chi connectivity index (χ2n) is 6.20. The van der Waals surface area contributed by atoms with E-state index in [4.69, 9.17) is 10.5 Å². The van der Waals surface area contributed by atoms with Crippen LogP contribution in [0, 0.1) is 6.92 Å². The molecule has 2 aromatic carbocycles. The van der Waals surface area contributed by atoms with E-state index in [9.17, 15) is 9.90 Å². The van der Waals surface area contributed by atoms with Gasteiger partial charge in [-0.25, -0.2) is 0 Å². The van der Waals surface area contributed by atoms with Crippen LogP contribution in [-0.2, 0) is 4.74 Å². The fourth-order valence-electron chi connectivity index (χ4n) is 2.49. The van der Waals surface area contributed by atoms with E-state index in [1.54, 1.807) is 6.07 Å². The van der Waals surface area contributed by atoms with Crippen LogP contribution in [0.4, 0.5) is 11.4 Å². The molecule has 0 aliphatic carbocycles. The number of nitrogens with two attached hydrogens (primary N) is 1. The summed E-state index contributed by atoms with van der Waals surface area (Å²) in [4.78, 5) is 12.3. The van der Waals surface area contributed by atoms with Crippen molar-refractivity contribution < 1.29 is 14.6 Å². The third kappa shape index (κ3) is 6.83. The van der Waals surface area contributed by atoms with Gasteiger partial charge in [0.1, 0.15) is 5.75 Å². The van der Waals surface area contributed by atoms with Gasteiger partial charge in [0.15, 0.2) is 0 Å². The van der Waals surface area contributed by atoms with Crippen LogP contribution >= 0.6 is 11.9 Å². The number of carbonyl (C=O) groups is 1. The first-order valence-corrected chi connectivity index (χ1v) is 9.92. The van der Waals surface area contributed by atoms with E-state index in [1.807, 2.05) is 44.2 Å². The Morgan fingerprint density at radius 3 is 2.82 bits per heavy atom. The molecule has 0 aliphatic heterocycles. The zero-order chi connectivity index (χ0) is 20.4. The number of carbonyl (C=O) groups excluding carboxylic acids is 1. The predicted molar refractivity (Wildman–Crippen MR) is 116 cm³/mol. The van der Waals surface area contributed by atoms with Gasteiger partial charge in [-0.15, -0.1) is 0 Å². The third-order valence-corrected chi connectivity index (χ3v) is 4.78. The molecule has 1 amide bonds. The van der Waals surface area contributed by atoms with E-state index >= 15 is 0 Å². The molecule has 6 nitrogen and oxygen atoms in total. The summed E-state index contributed by atoms with van der Waals surface area (Å²) in [5.41, 5.74) is 8.23. The molecule has 0 radical (unpaired) electrons. The van der Waals surface area contributed by atoms with Crippen molar-refractivity contribution in [3.05, 3.63) is 59.7 Å². The van der Waals surface area contributed by atoms with Crippen LogP contribution in [0.15, 0.2) is 53.4 Å². The molecular formula is C21H27N3O3S. The highest BCUT2D eigenvalue weighted by molar-refractivity contribution is 8.00. The Balaban J connectivity index is 2.05. The van der Waals surface area contributed by atoms with Gasteiger partial charge in [-0.05, 0) is 56.0 Å². The molecule has 0 spiro atoms. The topological polar surface area (TPSA) is 96.6 Å². The number of rotatable bonds is 11. The van der Waals surface area contributed by atoms with Crippen LogP contribution in [-0.4, -0.2) is 30.8 Å². The fourth-order valence-corrected chi connectivity index (χ4v) is 3.26. The lowest BCUT2D eigenvalue weighted by Crippen LogP contribution is -2.13. The Hall–Kier alpha value is -2.64. The number of nitrogens with one attached hydrogen (secondary N) is 2. The van der Waals surface area contributed by atoms with Crippen LogP contribution in [0.3, 0.4) is 0 Å². The number of primary amides is 1. The van der Waals surface area contributed by atoms with Crippen molar-refractivity contribution in [2.75, 3.05) is 29.8 Å². The normalized spacial score (nSPS) is 10.9. The number of amides is 1. The molecule has 0 bridgehead atoms. The number of benzene rings is 2. The average Bonchev–Trinajstić information content (AvgIpc) is 2.66.